The fraction of sp³-hybridized carbons (Fsp3) is 0.211. The third-order valence-corrected chi connectivity index (χ3v) is 5.61. The molecule has 1 aliphatic rings. The van der Waals surface area contributed by atoms with Crippen LogP contribution in [-0.4, -0.2) is 28.5 Å². The monoisotopic (exact) mass is 372 g/mol. The summed E-state index contributed by atoms with van der Waals surface area (Å²) in [5, 5.41) is 3.06. The van der Waals surface area contributed by atoms with E-state index < -0.39 is 10.0 Å². The van der Waals surface area contributed by atoms with E-state index in [9.17, 15) is 8.42 Å². The second-order valence-corrected chi connectivity index (χ2v) is 7.47. The number of rotatable bonds is 4. The average Bonchev–Trinajstić information content (AvgIpc) is 2.84. The van der Waals surface area contributed by atoms with Gasteiger partial charge in [-0.1, -0.05) is 29.8 Å². The average molecular weight is 372 g/mol. The lowest BCUT2D eigenvalue weighted by atomic mass is 10.1. The van der Waals surface area contributed by atoms with Crippen molar-refractivity contribution >= 4 is 26.5 Å². The first kappa shape index (κ1) is 18.0. The Balaban J connectivity index is 1.98. The van der Waals surface area contributed by atoms with Gasteiger partial charge < -0.3 is 14.8 Å². The topological polar surface area (TPSA) is 77.0 Å². The van der Waals surface area contributed by atoms with Crippen molar-refractivity contribution in [1.82, 2.24) is 0 Å². The highest BCUT2D eigenvalue weighted by Gasteiger charge is 2.31. The molecule has 1 heterocycles. The van der Waals surface area contributed by atoms with Crippen molar-refractivity contribution in [1.29, 1.82) is 0 Å². The van der Waals surface area contributed by atoms with Crippen LogP contribution in [0.4, 0.5) is 5.69 Å². The molecule has 0 atom stereocenters. The molecule has 0 unspecified atom stereocenters. The quantitative estimate of drug-likeness (QED) is 0.887. The van der Waals surface area contributed by atoms with Crippen LogP contribution in [0.1, 0.15) is 18.1 Å². The zero-order valence-electron chi connectivity index (χ0n) is 15.0. The Kier molecular flexibility index (Phi) is 4.73. The van der Waals surface area contributed by atoms with Crippen LogP contribution in [0.25, 0.3) is 4.91 Å². The minimum absolute atomic E-state index is 0.223. The molecule has 0 aromatic heterocycles. The van der Waals surface area contributed by atoms with Crippen molar-refractivity contribution in [2.75, 3.05) is 19.5 Å². The van der Waals surface area contributed by atoms with Gasteiger partial charge in [0.25, 0.3) is 10.0 Å². The van der Waals surface area contributed by atoms with Crippen LogP contribution in [-0.2, 0) is 10.0 Å². The first-order valence-electron chi connectivity index (χ1n) is 7.98. The van der Waals surface area contributed by atoms with Crippen molar-refractivity contribution < 1.29 is 17.9 Å². The molecule has 26 heavy (non-hydrogen) atoms. The summed E-state index contributed by atoms with van der Waals surface area (Å²) in [4.78, 5) is 0.223. The standard InChI is InChI=1S/C19H20N2O4S/c1-12-5-7-14(8-6-12)18-13(2)19(21-26(18,22)23)20-15-9-10-16(24-3)17(11-15)25-4/h5-11H,1-4H3,(H,20,21). The molecule has 0 amide bonds. The van der Waals surface area contributed by atoms with Crippen LogP contribution in [0.5, 0.6) is 11.5 Å². The molecule has 0 spiro atoms. The predicted octanol–water partition coefficient (Wildman–Crippen LogP) is 3.60. The van der Waals surface area contributed by atoms with Gasteiger partial charge in [0.05, 0.1) is 14.2 Å². The van der Waals surface area contributed by atoms with Crippen molar-refractivity contribution in [3.05, 3.63) is 59.2 Å². The van der Waals surface area contributed by atoms with Crippen LogP contribution in [0.15, 0.2) is 52.4 Å². The van der Waals surface area contributed by atoms with Gasteiger partial charge in [0, 0.05) is 17.3 Å². The Hall–Kier alpha value is -2.80. The molecule has 0 saturated carbocycles. The molecule has 2 aromatic rings. The Morgan fingerprint density at radius 3 is 2.19 bits per heavy atom. The number of sulfonamides is 1. The first-order chi connectivity index (χ1) is 12.4. The van der Waals surface area contributed by atoms with Crippen LogP contribution >= 0.6 is 0 Å². The zero-order chi connectivity index (χ0) is 18.9. The number of nitrogens with zero attached hydrogens (tertiary/aromatic N) is 1. The predicted molar refractivity (Wildman–Crippen MR) is 103 cm³/mol. The van der Waals surface area contributed by atoms with Crippen LogP contribution in [0.3, 0.4) is 0 Å². The second kappa shape index (κ2) is 6.84. The number of hydrogen-bond acceptors (Lipinski definition) is 5. The Morgan fingerprint density at radius 1 is 0.923 bits per heavy atom. The molecule has 6 nitrogen and oxygen atoms in total. The lowest BCUT2D eigenvalue weighted by Gasteiger charge is -2.11. The van der Waals surface area contributed by atoms with Gasteiger partial charge in [0.1, 0.15) is 10.7 Å². The number of aryl methyl sites for hydroxylation is 1. The summed E-state index contributed by atoms with van der Waals surface area (Å²) in [5.41, 5.74) is 2.91. The van der Waals surface area contributed by atoms with Gasteiger partial charge in [-0.25, -0.2) is 0 Å². The molecule has 1 aliphatic heterocycles. The highest BCUT2D eigenvalue weighted by Crippen LogP contribution is 2.34. The van der Waals surface area contributed by atoms with E-state index in [0.717, 1.165) is 5.56 Å². The summed E-state index contributed by atoms with van der Waals surface area (Å²) < 4.78 is 39.5. The van der Waals surface area contributed by atoms with Crippen LogP contribution in [0, 0.1) is 6.92 Å². The fourth-order valence-corrected chi connectivity index (χ4v) is 4.20. The van der Waals surface area contributed by atoms with E-state index in [-0.39, 0.29) is 4.91 Å². The maximum atomic E-state index is 12.6. The van der Waals surface area contributed by atoms with E-state index in [2.05, 4.69) is 9.71 Å². The number of anilines is 1. The number of methoxy groups -OCH3 is 2. The third-order valence-electron chi connectivity index (χ3n) is 4.13. The summed E-state index contributed by atoms with van der Waals surface area (Å²) >= 11 is 0. The van der Waals surface area contributed by atoms with Gasteiger partial charge in [-0.15, -0.1) is 4.40 Å². The van der Waals surface area contributed by atoms with Crippen LogP contribution in [0.2, 0.25) is 0 Å². The van der Waals surface area contributed by atoms with Crippen molar-refractivity contribution in [2.45, 2.75) is 13.8 Å². The van der Waals surface area contributed by atoms with Gasteiger partial charge >= 0.3 is 0 Å². The van der Waals surface area contributed by atoms with Crippen molar-refractivity contribution in [3.8, 4) is 11.5 Å². The van der Waals surface area contributed by atoms with E-state index in [0.29, 0.717) is 34.2 Å². The van der Waals surface area contributed by atoms with Crippen molar-refractivity contribution in [3.63, 3.8) is 0 Å². The molecule has 3 rings (SSSR count). The summed E-state index contributed by atoms with van der Waals surface area (Å²) in [7, 11) is -0.654. The van der Waals surface area contributed by atoms with E-state index >= 15 is 0 Å². The lowest BCUT2D eigenvalue weighted by molar-refractivity contribution is 0.355. The molecule has 0 bridgehead atoms. The molecule has 2 aromatic carbocycles. The zero-order valence-corrected chi connectivity index (χ0v) is 15.8. The van der Waals surface area contributed by atoms with Gasteiger partial charge in [0.15, 0.2) is 11.5 Å². The summed E-state index contributed by atoms with van der Waals surface area (Å²) in [5.74, 6) is 1.43. The first-order valence-corrected chi connectivity index (χ1v) is 9.42. The number of ether oxygens (including phenoxy) is 2. The van der Waals surface area contributed by atoms with Gasteiger partial charge in [-0.05, 0) is 31.5 Å². The minimum atomic E-state index is -3.75. The number of amidine groups is 1. The highest BCUT2D eigenvalue weighted by molar-refractivity contribution is 8.00. The maximum absolute atomic E-state index is 12.6. The molecule has 0 saturated heterocycles. The fourth-order valence-electron chi connectivity index (χ4n) is 2.77. The number of benzene rings is 2. The number of nitrogens with one attached hydrogen (secondary N) is 1. The molecule has 136 valence electrons. The van der Waals surface area contributed by atoms with Gasteiger partial charge in [-0.3, -0.25) is 0 Å². The molecule has 0 aliphatic carbocycles. The van der Waals surface area contributed by atoms with Gasteiger partial charge in [-0.2, -0.15) is 8.42 Å². The smallest absolute Gasteiger partial charge is 0.285 e. The SMILES string of the molecule is COc1ccc(NC2=NS(=O)(=O)C(c3ccc(C)cc3)=C2C)cc1OC. The summed E-state index contributed by atoms with van der Waals surface area (Å²) in [6, 6.07) is 12.6. The molecular weight excluding hydrogens is 352 g/mol. The summed E-state index contributed by atoms with van der Waals surface area (Å²) in [6.45, 7) is 3.70. The highest BCUT2D eigenvalue weighted by atomic mass is 32.2. The lowest BCUT2D eigenvalue weighted by Crippen LogP contribution is -2.11. The van der Waals surface area contributed by atoms with E-state index in [4.69, 9.17) is 9.47 Å². The Bertz CT molecular complexity index is 1010. The molecular formula is C19H20N2O4S. The molecule has 0 radical (unpaired) electrons. The Morgan fingerprint density at radius 2 is 1.58 bits per heavy atom. The Labute approximate surface area is 153 Å². The second-order valence-electron chi connectivity index (χ2n) is 5.93. The number of hydrogen-bond donors (Lipinski definition) is 1. The summed E-state index contributed by atoms with van der Waals surface area (Å²) in [6.07, 6.45) is 0. The largest absolute Gasteiger partial charge is 0.493 e. The molecule has 7 heteroatoms. The van der Waals surface area contributed by atoms with Crippen molar-refractivity contribution in [2.24, 2.45) is 4.40 Å². The molecule has 0 fully saturated rings. The van der Waals surface area contributed by atoms with E-state index in [1.807, 2.05) is 19.1 Å². The maximum Gasteiger partial charge on any atom is 0.285 e. The normalized spacial score (nSPS) is 15.6. The van der Waals surface area contributed by atoms with Crippen LogP contribution < -0.4 is 14.8 Å². The minimum Gasteiger partial charge on any atom is -0.493 e. The van der Waals surface area contributed by atoms with Gasteiger partial charge in [0.2, 0.25) is 0 Å². The van der Waals surface area contributed by atoms with E-state index in [1.165, 1.54) is 0 Å². The third kappa shape index (κ3) is 3.30. The van der Waals surface area contributed by atoms with E-state index in [1.54, 1.807) is 51.5 Å². The molecule has 1 N–H and O–H groups in total.